The van der Waals surface area contributed by atoms with Gasteiger partial charge in [-0.2, -0.15) is 0 Å². The highest BCUT2D eigenvalue weighted by molar-refractivity contribution is 8.00. The number of methoxy groups -OCH3 is 1. The Bertz CT molecular complexity index is 1150. The standard InChI is InChI=1S/C28H49F2N7O6S2/c1-16-14-22(35-34-16)31-25-24(42-2)26(36-10-12-43-13-11-36)33-27(32-25)44-21-7-6-17(15-19(21)29)45(40,41)28(8-9-28)18-4-3-5-20(23(18)30)37(38)39/h16-27,31-35H,3-15H2,1-2H3. The number of rotatable bonds is 10. The first-order chi connectivity index (χ1) is 21.5. The van der Waals surface area contributed by atoms with Gasteiger partial charge in [0.05, 0.1) is 41.7 Å². The Balaban J connectivity index is 1.12. The third kappa shape index (κ3) is 6.90. The first-order valence-corrected chi connectivity index (χ1v) is 19.0. The molecule has 258 valence electrons. The third-order valence-corrected chi connectivity index (χ3v) is 15.5. The van der Waals surface area contributed by atoms with Gasteiger partial charge in [0.15, 0.2) is 16.0 Å². The molecular formula is C28H49F2N7O6S2. The summed E-state index contributed by atoms with van der Waals surface area (Å²) in [7, 11) is -2.19. The van der Waals surface area contributed by atoms with Gasteiger partial charge in [-0.3, -0.25) is 36.4 Å². The molecule has 6 aliphatic rings. The fourth-order valence-corrected chi connectivity index (χ4v) is 12.6. The lowest BCUT2D eigenvalue weighted by Gasteiger charge is -2.49. The van der Waals surface area contributed by atoms with E-state index in [1.807, 2.05) is 0 Å². The second kappa shape index (κ2) is 14.0. The lowest BCUT2D eigenvalue weighted by atomic mass is 9.81. The number of hydrogen-bond acceptors (Lipinski definition) is 13. The third-order valence-electron chi connectivity index (χ3n) is 10.9. The van der Waals surface area contributed by atoms with Crippen molar-refractivity contribution in [3.8, 4) is 0 Å². The lowest BCUT2D eigenvalue weighted by molar-refractivity contribution is -0.536. The average molecular weight is 682 g/mol. The zero-order valence-corrected chi connectivity index (χ0v) is 27.7. The number of halogens is 2. The van der Waals surface area contributed by atoms with E-state index in [1.54, 1.807) is 7.11 Å². The molecule has 13 nitrogen and oxygen atoms in total. The molecule has 0 aromatic rings. The van der Waals surface area contributed by atoms with Crippen LogP contribution in [0.25, 0.3) is 0 Å². The highest BCUT2D eigenvalue weighted by Gasteiger charge is 2.66. The summed E-state index contributed by atoms with van der Waals surface area (Å²) in [4.78, 5) is 13.1. The minimum absolute atomic E-state index is 0.0160. The van der Waals surface area contributed by atoms with Crippen LogP contribution >= 0.6 is 11.8 Å². The minimum Gasteiger partial charge on any atom is -0.379 e. The molecular weight excluding hydrogens is 632 g/mol. The van der Waals surface area contributed by atoms with Crippen molar-refractivity contribution in [2.75, 3.05) is 33.4 Å². The second-order valence-electron chi connectivity index (χ2n) is 13.7. The number of thioether (sulfide) groups is 1. The highest BCUT2D eigenvalue weighted by atomic mass is 32.2. The fourth-order valence-electron chi connectivity index (χ4n) is 8.33. The van der Waals surface area contributed by atoms with E-state index in [2.05, 4.69) is 38.6 Å². The molecule has 6 rings (SSSR count). The van der Waals surface area contributed by atoms with E-state index in [4.69, 9.17) is 9.47 Å². The summed E-state index contributed by atoms with van der Waals surface area (Å²) in [5.41, 5.74) is 6.18. The number of alkyl halides is 2. The number of nitrogens with zero attached hydrogens (tertiary/aromatic N) is 2. The van der Waals surface area contributed by atoms with Crippen LogP contribution < -0.4 is 26.8 Å². The average Bonchev–Trinajstić information content (AvgIpc) is 3.74. The number of sulfone groups is 1. The molecule has 0 aromatic carbocycles. The van der Waals surface area contributed by atoms with Crippen molar-refractivity contribution < 1.29 is 31.6 Å². The number of morpholine rings is 1. The van der Waals surface area contributed by atoms with Crippen LogP contribution in [0.4, 0.5) is 8.78 Å². The Labute approximate surface area is 268 Å². The van der Waals surface area contributed by atoms with E-state index in [0.29, 0.717) is 57.8 Å². The van der Waals surface area contributed by atoms with Crippen molar-refractivity contribution in [1.82, 2.24) is 31.7 Å². The van der Waals surface area contributed by atoms with Gasteiger partial charge in [-0.05, 0) is 58.3 Å². The van der Waals surface area contributed by atoms with Gasteiger partial charge >= 0.3 is 0 Å². The van der Waals surface area contributed by atoms with Gasteiger partial charge in [0.2, 0.25) is 6.04 Å². The van der Waals surface area contributed by atoms with Crippen molar-refractivity contribution in [2.45, 2.75) is 134 Å². The lowest BCUT2D eigenvalue weighted by Crippen LogP contribution is -2.75. The van der Waals surface area contributed by atoms with Crippen LogP contribution in [0, 0.1) is 16.0 Å². The van der Waals surface area contributed by atoms with Crippen LogP contribution in [0.2, 0.25) is 0 Å². The van der Waals surface area contributed by atoms with Crippen molar-refractivity contribution in [2.24, 2.45) is 5.92 Å². The monoisotopic (exact) mass is 681 g/mol. The maximum absolute atomic E-state index is 16.0. The largest absolute Gasteiger partial charge is 0.379 e. The molecule has 3 heterocycles. The molecule has 3 aliphatic heterocycles. The van der Waals surface area contributed by atoms with E-state index >= 15 is 8.78 Å². The molecule has 0 amide bonds. The Morgan fingerprint density at radius 1 is 1.09 bits per heavy atom. The molecule has 0 radical (unpaired) electrons. The summed E-state index contributed by atoms with van der Waals surface area (Å²) in [5, 5.41) is 20.9. The van der Waals surface area contributed by atoms with Gasteiger partial charge in [-0.25, -0.2) is 22.6 Å². The number of hydrazine groups is 1. The molecule has 3 saturated heterocycles. The molecule has 17 heteroatoms. The van der Waals surface area contributed by atoms with Crippen LogP contribution in [-0.2, 0) is 19.3 Å². The summed E-state index contributed by atoms with van der Waals surface area (Å²) in [6.45, 7) is 4.81. The molecule has 12 unspecified atom stereocenters. The first-order valence-electron chi connectivity index (χ1n) is 16.5. The Morgan fingerprint density at radius 3 is 2.47 bits per heavy atom. The summed E-state index contributed by atoms with van der Waals surface area (Å²) in [6.07, 6.45) is -0.907. The normalized spacial score (nSPS) is 44.4. The highest BCUT2D eigenvalue weighted by Crippen LogP contribution is 2.57. The van der Waals surface area contributed by atoms with Gasteiger partial charge in [0.25, 0.3) is 0 Å². The van der Waals surface area contributed by atoms with Crippen LogP contribution in [0.3, 0.4) is 0 Å². The van der Waals surface area contributed by atoms with Gasteiger partial charge in [0.1, 0.15) is 17.8 Å². The van der Waals surface area contributed by atoms with Gasteiger partial charge in [-0.1, -0.05) is 0 Å². The Kier molecular flexibility index (Phi) is 10.6. The fraction of sp³-hybridized carbons (Fsp3) is 1.00. The smallest absolute Gasteiger partial charge is 0.244 e. The molecule has 3 aliphatic carbocycles. The molecule has 0 spiro atoms. The molecule has 12 atom stereocenters. The maximum Gasteiger partial charge on any atom is 0.244 e. The molecule has 3 saturated carbocycles. The van der Waals surface area contributed by atoms with Crippen LogP contribution in [-0.4, -0.2) is 121 Å². The van der Waals surface area contributed by atoms with E-state index in [0.717, 1.165) is 19.5 Å². The van der Waals surface area contributed by atoms with Crippen LogP contribution in [0.15, 0.2) is 0 Å². The SMILES string of the molecule is COC1C(NC2CC(C)NN2)NC(SC2CCC(S(=O)(=O)C3(C4CCCC([N+](=O)[O-])C4F)CC3)CC2F)NC1N1CCOCC1. The van der Waals surface area contributed by atoms with E-state index in [-0.39, 0.29) is 42.9 Å². The van der Waals surface area contributed by atoms with E-state index in [1.165, 1.54) is 11.8 Å². The number of nitro groups is 1. The summed E-state index contributed by atoms with van der Waals surface area (Å²) in [5.74, 6) is -0.893. The Morgan fingerprint density at radius 2 is 1.84 bits per heavy atom. The van der Waals surface area contributed by atoms with Gasteiger partial charge in [-0.15, -0.1) is 11.8 Å². The summed E-state index contributed by atoms with van der Waals surface area (Å²) < 4.78 is 69.5. The predicted molar refractivity (Wildman–Crippen MR) is 166 cm³/mol. The van der Waals surface area contributed by atoms with E-state index in [9.17, 15) is 18.5 Å². The van der Waals surface area contributed by atoms with Crippen molar-refractivity contribution in [3.05, 3.63) is 10.1 Å². The number of ether oxygens (including phenoxy) is 2. The first kappa shape index (κ1) is 34.1. The quantitative estimate of drug-likeness (QED) is 0.164. The van der Waals surface area contributed by atoms with Gasteiger partial charge < -0.3 is 9.47 Å². The molecule has 0 bridgehead atoms. The Hall–Kier alpha value is -0.760. The minimum atomic E-state index is -3.88. The molecule has 5 N–H and O–H groups in total. The van der Waals surface area contributed by atoms with Gasteiger partial charge in [0, 0.05) is 48.8 Å². The molecule has 45 heavy (non-hydrogen) atoms. The van der Waals surface area contributed by atoms with Crippen molar-refractivity contribution in [1.29, 1.82) is 0 Å². The zero-order chi connectivity index (χ0) is 31.9. The summed E-state index contributed by atoms with van der Waals surface area (Å²) in [6, 6.07) is -1.06. The van der Waals surface area contributed by atoms with E-state index < -0.39 is 54.3 Å². The zero-order valence-electron chi connectivity index (χ0n) is 26.0. The molecule has 6 fully saturated rings. The predicted octanol–water partition coefficient (Wildman–Crippen LogP) is 0.988. The topological polar surface area (TPSA) is 159 Å². The number of nitrogens with one attached hydrogen (secondary N) is 5. The van der Waals surface area contributed by atoms with Crippen molar-refractivity contribution in [3.63, 3.8) is 0 Å². The number of hydrogen-bond donors (Lipinski definition) is 5. The maximum atomic E-state index is 16.0. The molecule has 0 aromatic heterocycles. The van der Waals surface area contributed by atoms with Crippen molar-refractivity contribution >= 4 is 21.6 Å². The second-order valence-corrected chi connectivity index (χ2v) is 17.6. The van der Waals surface area contributed by atoms with Crippen LogP contribution in [0.1, 0.15) is 64.7 Å². The van der Waals surface area contributed by atoms with Crippen LogP contribution in [0.5, 0.6) is 0 Å². The summed E-state index contributed by atoms with van der Waals surface area (Å²) >= 11 is 1.44.